The van der Waals surface area contributed by atoms with Crippen molar-refractivity contribution in [3.63, 3.8) is 0 Å². The van der Waals surface area contributed by atoms with E-state index in [2.05, 4.69) is 10.0 Å². The quantitative estimate of drug-likeness (QED) is 0.777. The summed E-state index contributed by atoms with van der Waals surface area (Å²) < 4.78 is 32.5. The Balaban J connectivity index is 2.11. The summed E-state index contributed by atoms with van der Waals surface area (Å²) >= 11 is 0. The molecule has 0 radical (unpaired) electrons. The van der Waals surface area contributed by atoms with Gasteiger partial charge in [0.1, 0.15) is 5.75 Å². The summed E-state index contributed by atoms with van der Waals surface area (Å²) in [6.07, 6.45) is 0. The number of benzene rings is 2. The second-order valence-electron chi connectivity index (χ2n) is 6.36. The molecule has 7 heteroatoms. The highest BCUT2D eigenvalue weighted by atomic mass is 32.2. The second kappa shape index (κ2) is 8.23. The third kappa shape index (κ3) is 4.98. The van der Waals surface area contributed by atoms with Crippen LogP contribution in [-0.4, -0.2) is 27.5 Å². The molecule has 1 atom stereocenters. The fraction of sp³-hybridized carbons (Fsp3) is 0.316. The molecule has 1 amide bonds. The molecule has 0 saturated heterocycles. The predicted molar refractivity (Wildman–Crippen MR) is 102 cm³/mol. The zero-order valence-corrected chi connectivity index (χ0v) is 16.1. The van der Waals surface area contributed by atoms with Crippen molar-refractivity contribution in [2.45, 2.75) is 31.7 Å². The number of hydrogen-bond donors (Lipinski definition) is 2. The van der Waals surface area contributed by atoms with Gasteiger partial charge in [-0.3, -0.25) is 9.52 Å². The number of rotatable bonds is 7. The first-order valence-electron chi connectivity index (χ1n) is 8.30. The Bertz CT molecular complexity index is 844. The van der Waals surface area contributed by atoms with Crippen LogP contribution in [0.2, 0.25) is 0 Å². The molecule has 0 aliphatic heterocycles. The van der Waals surface area contributed by atoms with Gasteiger partial charge in [-0.1, -0.05) is 13.8 Å². The zero-order valence-electron chi connectivity index (χ0n) is 15.3. The van der Waals surface area contributed by atoms with Gasteiger partial charge in [0, 0.05) is 17.3 Å². The molecular formula is C19H24N2O4S. The largest absolute Gasteiger partial charge is 0.497 e. The van der Waals surface area contributed by atoms with Crippen LogP contribution in [-0.2, 0) is 10.0 Å². The average molecular weight is 376 g/mol. The Labute approximate surface area is 154 Å². The van der Waals surface area contributed by atoms with Crippen molar-refractivity contribution >= 4 is 21.6 Å². The number of methoxy groups -OCH3 is 1. The molecule has 0 aromatic heterocycles. The van der Waals surface area contributed by atoms with E-state index >= 15 is 0 Å². The minimum absolute atomic E-state index is 0.0302. The molecule has 0 spiro atoms. The summed E-state index contributed by atoms with van der Waals surface area (Å²) in [5.74, 6) is 0.726. The Morgan fingerprint density at radius 3 is 2.04 bits per heavy atom. The fourth-order valence-corrected chi connectivity index (χ4v) is 3.17. The third-order valence-corrected chi connectivity index (χ3v) is 5.53. The highest BCUT2D eigenvalue weighted by Gasteiger charge is 2.16. The maximum Gasteiger partial charge on any atom is 0.261 e. The highest BCUT2D eigenvalue weighted by molar-refractivity contribution is 7.92. The topological polar surface area (TPSA) is 84.5 Å². The van der Waals surface area contributed by atoms with Crippen LogP contribution in [0.1, 0.15) is 31.1 Å². The number of nitrogens with one attached hydrogen (secondary N) is 2. The standard InChI is InChI=1S/C19H24N2O4S/c1-13(2)14(3)20-19(22)15-5-11-18(12-6-15)26(23,24)21-16-7-9-17(25-4)10-8-16/h5-14,21H,1-4H3,(H,20,22). The summed E-state index contributed by atoms with van der Waals surface area (Å²) in [5.41, 5.74) is 0.847. The van der Waals surface area contributed by atoms with Crippen LogP contribution >= 0.6 is 0 Å². The van der Waals surface area contributed by atoms with Gasteiger partial charge in [-0.25, -0.2) is 8.42 Å². The second-order valence-corrected chi connectivity index (χ2v) is 8.05. The van der Waals surface area contributed by atoms with E-state index in [4.69, 9.17) is 4.74 Å². The molecule has 0 saturated carbocycles. The SMILES string of the molecule is COc1ccc(NS(=O)(=O)c2ccc(C(=O)NC(C)C(C)C)cc2)cc1. The lowest BCUT2D eigenvalue weighted by atomic mass is 10.1. The summed E-state index contributed by atoms with van der Waals surface area (Å²) in [4.78, 5) is 12.3. The summed E-state index contributed by atoms with van der Waals surface area (Å²) in [7, 11) is -2.19. The van der Waals surface area contributed by atoms with Crippen molar-refractivity contribution in [2.24, 2.45) is 5.92 Å². The summed E-state index contributed by atoms with van der Waals surface area (Å²) in [6.45, 7) is 5.97. The van der Waals surface area contributed by atoms with E-state index in [0.717, 1.165) is 0 Å². The summed E-state index contributed by atoms with van der Waals surface area (Å²) in [6, 6.07) is 12.4. The molecule has 0 fully saturated rings. The van der Waals surface area contributed by atoms with Gasteiger partial charge in [-0.05, 0) is 61.4 Å². The lowest BCUT2D eigenvalue weighted by Gasteiger charge is -2.17. The van der Waals surface area contributed by atoms with Crippen molar-refractivity contribution in [3.05, 3.63) is 54.1 Å². The summed E-state index contributed by atoms with van der Waals surface area (Å²) in [5, 5.41) is 2.89. The minimum Gasteiger partial charge on any atom is -0.497 e. The van der Waals surface area contributed by atoms with Gasteiger partial charge in [0.05, 0.1) is 12.0 Å². The van der Waals surface area contributed by atoms with E-state index < -0.39 is 10.0 Å². The van der Waals surface area contributed by atoms with E-state index in [1.54, 1.807) is 31.4 Å². The average Bonchev–Trinajstić information content (AvgIpc) is 2.62. The van der Waals surface area contributed by atoms with Gasteiger partial charge in [0.2, 0.25) is 0 Å². The molecule has 0 heterocycles. The van der Waals surface area contributed by atoms with Crippen LogP contribution in [0.15, 0.2) is 53.4 Å². The molecule has 26 heavy (non-hydrogen) atoms. The normalized spacial score (nSPS) is 12.5. The minimum atomic E-state index is -3.73. The van der Waals surface area contributed by atoms with Crippen molar-refractivity contribution in [2.75, 3.05) is 11.8 Å². The van der Waals surface area contributed by atoms with Crippen LogP contribution in [0, 0.1) is 5.92 Å². The Morgan fingerprint density at radius 1 is 0.962 bits per heavy atom. The molecule has 140 valence electrons. The zero-order chi connectivity index (χ0) is 19.3. The van der Waals surface area contributed by atoms with Crippen LogP contribution in [0.4, 0.5) is 5.69 Å². The first kappa shape index (κ1) is 19.8. The number of ether oxygens (including phenoxy) is 1. The van der Waals surface area contributed by atoms with Gasteiger partial charge in [0.15, 0.2) is 0 Å². The monoisotopic (exact) mass is 376 g/mol. The van der Waals surface area contributed by atoms with Crippen LogP contribution in [0.3, 0.4) is 0 Å². The first-order chi connectivity index (χ1) is 12.2. The molecular weight excluding hydrogens is 352 g/mol. The fourth-order valence-electron chi connectivity index (χ4n) is 2.12. The van der Waals surface area contributed by atoms with E-state index in [-0.39, 0.29) is 16.8 Å². The van der Waals surface area contributed by atoms with E-state index in [9.17, 15) is 13.2 Å². The van der Waals surface area contributed by atoms with Crippen LogP contribution in [0.5, 0.6) is 5.75 Å². The van der Waals surface area contributed by atoms with Gasteiger partial charge >= 0.3 is 0 Å². The van der Waals surface area contributed by atoms with Crippen LogP contribution in [0.25, 0.3) is 0 Å². The van der Waals surface area contributed by atoms with Crippen molar-refractivity contribution in [1.82, 2.24) is 5.32 Å². The van der Waals surface area contributed by atoms with Gasteiger partial charge in [-0.15, -0.1) is 0 Å². The number of anilines is 1. The van der Waals surface area contributed by atoms with Crippen molar-refractivity contribution < 1.29 is 17.9 Å². The molecule has 2 aromatic rings. The number of hydrogen-bond acceptors (Lipinski definition) is 4. The Morgan fingerprint density at radius 2 is 1.54 bits per heavy atom. The number of amides is 1. The molecule has 2 aromatic carbocycles. The molecule has 0 aliphatic carbocycles. The molecule has 2 N–H and O–H groups in total. The highest BCUT2D eigenvalue weighted by Crippen LogP contribution is 2.19. The van der Waals surface area contributed by atoms with E-state index in [1.165, 1.54) is 24.3 Å². The van der Waals surface area contributed by atoms with Gasteiger partial charge in [-0.2, -0.15) is 0 Å². The Kier molecular flexibility index (Phi) is 6.26. The molecule has 0 aliphatic rings. The van der Waals surface area contributed by atoms with Gasteiger partial charge in [0.25, 0.3) is 15.9 Å². The molecule has 1 unspecified atom stereocenters. The van der Waals surface area contributed by atoms with E-state index in [0.29, 0.717) is 22.9 Å². The molecule has 6 nitrogen and oxygen atoms in total. The maximum atomic E-state index is 12.5. The third-order valence-electron chi connectivity index (χ3n) is 4.13. The lowest BCUT2D eigenvalue weighted by molar-refractivity contribution is 0.0930. The number of carbonyl (C=O) groups excluding carboxylic acids is 1. The van der Waals surface area contributed by atoms with Gasteiger partial charge < -0.3 is 10.1 Å². The van der Waals surface area contributed by atoms with Crippen molar-refractivity contribution in [1.29, 1.82) is 0 Å². The maximum absolute atomic E-state index is 12.5. The predicted octanol–water partition coefficient (Wildman–Crippen LogP) is 3.27. The smallest absolute Gasteiger partial charge is 0.261 e. The first-order valence-corrected chi connectivity index (χ1v) is 9.79. The van der Waals surface area contributed by atoms with E-state index in [1.807, 2.05) is 20.8 Å². The van der Waals surface area contributed by atoms with Crippen molar-refractivity contribution in [3.8, 4) is 5.75 Å². The van der Waals surface area contributed by atoms with Crippen LogP contribution < -0.4 is 14.8 Å². The lowest BCUT2D eigenvalue weighted by Crippen LogP contribution is -2.36. The molecule has 2 rings (SSSR count). The Hall–Kier alpha value is -2.54. The number of sulfonamides is 1. The number of carbonyl (C=O) groups is 1. The molecule has 0 bridgehead atoms.